The highest BCUT2D eigenvalue weighted by Gasteiger charge is 2.22. The van der Waals surface area contributed by atoms with E-state index < -0.39 is 17.7 Å². The lowest BCUT2D eigenvalue weighted by molar-refractivity contribution is 0.195. The first-order valence-electron chi connectivity index (χ1n) is 8.12. The van der Waals surface area contributed by atoms with Crippen LogP contribution in [0.1, 0.15) is 24.9 Å². The van der Waals surface area contributed by atoms with Gasteiger partial charge in [-0.05, 0) is 39.6 Å². The van der Waals surface area contributed by atoms with Crippen molar-refractivity contribution in [1.29, 1.82) is 0 Å². The fourth-order valence-electron chi connectivity index (χ4n) is 2.28. The summed E-state index contributed by atoms with van der Waals surface area (Å²) in [5.41, 5.74) is 0.0430. The molecule has 0 aliphatic carbocycles. The summed E-state index contributed by atoms with van der Waals surface area (Å²) < 4.78 is 33.1. The first-order valence-corrected chi connectivity index (χ1v) is 8.12. The number of aliphatic imine (C=N–C) groups is 1. The molecule has 0 amide bonds. The lowest BCUT2D eigenvalue weighted by Crippen LogP contribution is -2.39. The second kappa shape index (κ2) is 13.2. The number of likely N-dealkylation sites (N-methyl/N-ethyl adjacent to an activating group) is 1. The van der Waals surface area contributed by atoms with E-state index in [9.17, 15) is 8.78 Å². The van der Waals surface area contributed by atoms with Crippen molar-refractivity contribution in [3.8, 4) is 0 Å². The molecular formula is C17H29F2IN4O. The molecule has 5 nitrogen and oxygen atoms in total. The minimum absolute atomic E-state index is 0. The highest BCUT2D eigenvalue weighted by Crippen LogP contribution is 2.24. The summed E-state index contributed by atoms with van der Waals surface area (Å²) in [6.45, 7) is 4.28. The van der Waals surface area contributed by atoms with Crippen LogP contribution in [0.3, 0.4) is 0 Å². The molecule has 0 spiro atoms. The molecular weight excluding hydrogens is 441 g/mol. The predicted octanol–water partition coefficient (Wildman–Crippen LogP) is 2.78. The molecule has 1 aromatic rings. The number of nitrogens with zero attached hydrogens (tertiary/aromatic N) is 2. The summed E-state index contributed by atoms with van der Waals surface area (Å²) in [5, 5.41) is 6.31. The summed E-state index contributed by atoms with van der Waals surface area (Å²) in [4.78, 5) is 6.23. The van der Waals surface area contributed by atoms with E-state index in [1.54, 1.807) is 26.1 Å². The van der Waals surface area contributed by atoms with Crippen molar-refractivity contribution in [3.63, 3.8) is 0 Å². The quantitative estimate of drug-likeness (QED) is 0.252. The maximum Gasteiger partial charge on any atom is 0.191 e. The molecule has 0 radical (unpaired) electrons. The van der Waals surface area contributed by atoms with E-state index >= 15 is 0 Å². The van der Waals surface area contributed by atoms with E-state index in [2.05, 4.69) is 15.6 Å². The molecule has 1 rings (SSSR count). The van der Waals surface area contributed by atoms with Gasteiger partial charge in [0.2, 0.25) is 0 Å². The van der Waals surface area contributed by atoms with Crippen LogP contribution >= 0.6 is 24.0 Å². The minimum atomic E-state index is -0.554. The Kier molecular flexibility index (Phi) is 12.7. The zero-order valence-electron chi connectivity index (χ0n) is 15.3. The molecule has 2 N–H and O–H groups in total. The van der Waals surface area contributed by atoms with Crippen molar-refractivity contribution in [3.05, 3.63) is 35.4 Å². The van der Waals surface area contributed by atoms with Gasteiger partial charge in [0.1, 0.15) is 11.6 Å². The number of rotatable bonds is 9. The average molecular weight is 470 g/mol. The van der Waals surface area contributed by atoms with Gasteiger partial charge in [0, 0.05) is 32.4 Å². The number of halogens is 3. The van der Waals surface area contributed by atoms with Crippen molar-refractivity contribution in [2.45, 2.75) is 19.4 Å². The van der Waals surface area contributed by atoms with Gasteiger partial charge in [-0.25, -0.2) is 8.78 Å². The van der Waals surface area contributed by atoms with Crippen LogP contribution in [0.4, 0.5) is 8.78 Å². The van der Waals surface area contributed by atoms with Crippen LogP contribution in [0.2, 0.25) is 0 Å². The largest absolute Gasteiger partial charge is 0.385 e. The summed E-state index contributed by atoms with van der Waals surface area (Å²) >= 11 is 0. The number of methoxy groups -OCH3 is 1. The SMILES string of the molecule is CCNC(=NCC(c1c(F)cccc1F)N(C)C)NCCCOC.I. The molecule has 0 bridgehead atoms. The molecule has 25 heavy (non-hydrogen) atoms. The average Bonchev–Trinajstić information content (AvgIpc) is 2.53. The molecule has 0 saturated heterocycles. The van der Waals surface area contributed by atoms with Gasteiger partial charge in [-0.3, -0.25) is 4.99 Å². The standard InChI is InChI=1S/C17H28F2N4O.HI/c1-5-20-17(21-10-7-11-24-4)22-12-15(23(2)3)16-13(18)8-6-9-14(16)19;/h6,8-9,15H,5,7,10-12H2,1-4H3,(H2,20,21,22);1H. The molecule has 1 aromatic carbocycles. The molecule has 0 aromatic heterocycles. The summed E-state index contributed by atoms with van der Waals surface area (Å²) in [6.07, 6.45) is 0.847. The van der Waals surface area contributed by atoms with Crippen LogP contribution in [-0.4, -0.2) is 58.3 Å². The molecule has 0 aliphatic rings. The van der Waals surface area contributed by atoms with Gasteiger partial charge in [-0.1, -0.05) is 6.07 Å². The van der Waals surface area contributed by atoms with Crippen molar-refractivity contribution < 1.29 is 13.5 Å². The highest BCUT2D eigenvalue weighted by molar-refractivity contribution is 14.0. The van der Waals surface area contributed by atoms with Crippen molar-refractivity contribution in [1.82, 2.24) is 15.5 Å². The lowest BCUT2D eigenvalue weighted by Gasteiger charge is -2.24. The van der Waals surface area contributed by atoms with E-state index in [0.717, 1.165) is 6.42 Å². The van der Waals surface area contributed by atoms with E-state index in [4.69, 9.17) is 4.74 Å². The Morgan fingerprint density at radius 3 is 2.40 bits per heavy atom. The van der Waals surface area contributed by atoms with Crippen molar-refractivity contribution in [2.24, 2.45) is 4.99 Å². The van der Waals surface area contributed by atoms with E-state index in [0.29, 0.717) is 25.7 Å². The normalized spacial score (nSPS) is 12.7. The first kappa shape index (κ1) is 24.0. The monoisotopic (exact) mass is 470 g/mol. The summed E-state index contributed by atoms with van der Waals surface area (Å²) in [5.74, 6) is -0.485. The third-order valence-corrected chi connectivity index (χ3v) is 3.54. The Labute approximate surface area is 166 Å². The Balaban J connectivity index is 0.00000576. The summed E-state index contributed by atoms with van der Waals surface area (Å²) in [7, 11) is 5.22. The van der Waals surface area contributed by atoms with Crippen molar-refractivity contribution >= 4 is 29.9 Å². The van der Waals surface area contributed by atoms with E-state index in [-0.39, 0.29) is 36.1 Å². The van der Waals surface area contributed by atoms with Gasteiger partial charge in [-0.2, -0.15) is 0 Å². The number of hydrogen-bond donors (Lipinski definition) is 2. The molecule has 0 aliphatic heterocycles. The molecule has 144 valence electrons. The number of hydrogen-bond acceptors (Lipinski definition) is 3. The molecule has 8 heteroatoms. The van der Waals surface area contributed by atoms with Gasteiger partial charge in [0.15, 0.2) is 5.96 Å². The van der Waals surface area contributed by atoms with Crippen LogP contribution in [0.5, 0.6) is 0 Å². The van der Waals surface area contributed by atoms with Crippen LogP contribution in [0.15, 0.2) is 23.2 Å². The highest BCUT2D eigenvalue weighted by atomic mass is 127. The van der Waals surface area contributed by atoms with E-state index in [1.165, 1.54) is 18.2 Å². The third kappa shape index (κ3) is 8.28. The fourth-order valence-corrected chi connectivity index (χ4v) is 2.28. The third-order valence-electron chi connectivity index (χ3n) is 3.54. The number of benzene rings is 1. The maximum atomic E-state index is 14.1. The van der Waals surface area contributed by atoms with Crippen LogP contribution in [0.25, 0.3) is 0 Å². The smallest absolute Gasteiger partial charge is 0.191 e. The lowest BCUT2D eigenvalue weighted by atomic mass is 10.0. The fraction of sp³-hybridized carbons (Fsp3) is 0.588. The zero-order chi connectivity index (χ0) is 17.9. The number of guanidine groups is 1. The molecule has 0 saturated carbocycles. The van der Waals surface area contributed by atoms with Crippen LogP contribution < -0.4 is 10.6 Å². The second-order valence-electron chi connectivity index (χ2n) is 5.61. The van der Waals surface area contributed by atoms with Crippen molar-refractivity contribution in [2.75, 3.05) is 47.4 Å². The molecule has 0 fully saturated rings. The number of ether oxygens (including phenoxy) is 1. The number of nitrogens with one attached hydrogen (secondary N) is 2. The maximum absolute atomic E-state index is 14.1. The molecule has 1 atom stereocenters. The van der Waals surface area contributed by atoms with Gasteiger partial charge in [0.25, 0.3) is 0 Å². The second-order valence-corrected chi connectivity index (χ2v) is 5.61. The van der Waals surface area contributed by atoms with Gasteiger partial charge < -0.3 is 20.3 Å². The Bertz CT molecular complexity index is 509. The minimum Gasteiger partial charge on any atom is -0.385 e. The first-order chi connectivity index (χ1) is 11.5. The Hall–Kier alpha value is -1.00. The molecule has 0 heterocycles. The Morgan fingerprint density at radius 1 is 1.24 bits per heavy atom. The predicted molar refractivity (Wildman–Crippen MR) is 109 cm³/mol. The van der Waals surface area contributed by atoms with E-state index in [1.807, 2.05) is 6.92 Å². The molecule has 1 unspecified atom stereocenters. The van der Waals surface area contributed by atoms with Gasteiger partial charge in [0.05, 0.1) is 12.6 Å². The van der Waals surface area contributed by atoms with Gasteiger partial charge >= 0.3 is 0 Å². The summed E-state index contributed by atoms with van der Waals surface area (Å²) in [6, 6.07) is 3.42. The van der Waals surface area contributed by atoms with Crippen LogP contribution in [0, 0.1) is 11.6 Å². The van der Waals surface area contributed by atoms with Crippen LogP contribution in [-0.2, 0) is 4.74 Å². The Morgan fingerprint density at radius 2 is 1.88 bits per heavy atom. The van der Waals surface area contributed by atoms with Gasteiger partial charge in [-0.15, -0.1) is 24.0 Å². The zero-order valence-corrected chi connectivity index (χ0v) is 17.6. The topological polar surface area (TPSA) is 48.9 Å².